The lowest BCUT2D eigenvalue weighted by atomic mass is 9.98. The monoisotopic (exact) mass is 334 g/mol. The normalized spacial score (nSPS) is 14.8. The molecule has 22 heavy (non-hydrogen) atoms. The maximum absolute atomic E-state index is 13.4. The van der Waals surface area contributed by atoms with Crippen molar-refractivity contribution in [2.24, 2.45) is 0 Å². The first-order valence-corrected chi connectivity index (χ1v) is 5.95. The van der Waals surface area contributed by atoms with E-state index >= 15 is 0 Å². The van der Waals surface area contributed by atoms with Crippen molar-refractivity contribution in [1.29, 1.82) is 0 Å². The van der Waals surface area contributed by atoms with Gasteiger partial charge in [-0.25, -0.2) is 0 Å². The van der Waals surface area contributed by atoms with Gasteiger partial charge in [-0.15, -0.1) is 0 Å². The summed E-state index contributed by atoms with van der Waals surface area (Å²) in [5.41, 5.74) is 0.0287. The van der Waals surface area contributed by atoms with E-state index in [1.807, 2.05) is 0 Å². The third-order valence-corrected chi connectivity index (χ3v) is 3.03. The zero-order chi connectivity index (χ0) is 17.2. The van der Waals surface area contributed by atoms with E-state index in [-0.39, 0.29) is 5.56 Å². The van der Waals surface area contributed by atoms with Crippen LogP contribution >= 0.6 is 0 Å². The highest BCUT2D eigenvalue weighted by Gasteiger charge is 2.73. The molecule has 0 aromatic heterocycles. The van der Waals surface area contributed by atoms with Gasteiger partial charge >= 0.3 is 18.0 Å². The number of hydrogen-bond acceptors (Lipinski definition) is 2. The fourth-order valence-electron chi connectivity index (χ4n) is 1.72. The van der Waals surface area contributed by atoms with Gasteiger partial charge in [-0.1, -0.05) is 12.1 Å². The molecule has 1 aromatic carbocycles. The van der Waals surface area contributed by atoms with Crippen LogP contribution in [0.3, 0.4) is 0 Å². The molecule has 0 spiro atoms. The SMILES string of the molecule is COc1ccc(C(CC(F)(F)C(F)(F)C(F)(F)F)OC)cc1. The van der Waals surface area contributed by atoms with Gasteiger partial charge in [0.25, 0.3) is 0 Å². The number of alkyl halides is 7. The van der Waals surface area contributed by atoms with Crippen molar-refractivity contribution in [3.8, 4) is 5.75 Å². The Morgan fingerprint density at radius 1 is 0.909 bits per heavy atom. The van der Waals surface area contributed by atoms with E-state index in [1.54, 1.807) is 0 Å². The smallest absolute Gasteiger partial charge is 0.459 e. The van der Waals surface area contributed by atoms with Crippen LogP contribution in [-0.4, -0.2) is 32.2 Å². The third kappa shape index (κ3) is 3.63. The lowest BCUT2D eigenvalue weighted by molar-refractivity contribution is -0.358. The fourth-order valence-corrected chi connectivity index (χ4v) is 1.72. The highest BCUT2D eigenvalue weighted by Crippen LogP contribution is 2.50. The zero-order valence-corrected chi connectivity index (χ0v) is 11.6. The molecule has 1 aromatic rings. The quantitative estimate of drug-likeness (QED) is 0.708. The van der Waals surface area contributed by atoms with Gasteiger partial charge in [0, 0.05) is 13.5 Å². The molecule has 0 aliphatic rings. The topological polar surface area (TPSA) is 18.5 Å². The summed E-state index contributed by atoms with van der Waals surface area (Å²) >= 11 is 0. The summed E-state index contributed by atoms with van der Waals surface area (Å²) in [5.74, 6) is -11.1. The highest BCUT2D eigenvalue weighted by molar-refractivity contribution is 5.28. The van der Waals surface area contributed by atoms with Crippen molar-refractivity contribution < 1.29 is 40.2 Å². The number of ether oxygens (including phenoxy) is 2. The van der Waals surface area contributed by atoms with Crippen LogP contribution < -0.4 is 4.74 Å². The Morgan fingerprint density at radius 2 is 1.41 bits per heavy atom. The summed E-state index contributed by atoms with van der Waals surface area (Å²) in [6.07, 6.45) is -9.80. The van der Waals surface area contributed by atoms with E-state index in [0.29, 0.717) is 5.75 Å². The molecule has 2 nitrogen and oxygen atoms in total. The van der Waals surface area contributed by atoms with E-state index in [9.17, 15) is 30.7 Å². The Balaban J connectivity index is 3.01. The minimum Gasteiger partial charge on any atom is -0.497 e. The number of halogens is 7. The summed E-state index contributed by atoms with van der Waals surface area (Å²) in [7, 11) is 2.29. The Hall–Kier alpha value is -1.51. The zero-order valence-electron chi connectivity index (χ0n) is 11.6. The second-order valence-corrected chi connectivity index (χ2v) is 4.48. The molecule has 1 unspecified atom stereocenters. The maximum Gasteiger partial charge on any atom is 0.459 e. The van der Waals surface area contributed by atoms with Crippen molar-refractivity contribution >= 4 is 0 Å². The number of hydrogen-bond donors (Lipinski definition) is 0. The Bertz CT molecular complexity index is 482. The van der Waals surface area contributed by atoms with Crippen molar-refractivity contribution in [3.63, 3.8) is 0 Å². The highest BCUT2D eigenvalue weighted by atomic mass is 19.4. The Kier molecular flexibility index (Phi) is 5.32. The molecule has 0 saturated heterocycles. The van der Waals surface area contributed by atoms with E-state index in [2.05, 4.69) is 4.74 Å². The van der Waals surface area contributed by atoms with Gasteiger partial charge in [-0.3, -0.25) is 0 Å². The minimum absolute atomic E-state index is 0.0287. The average molecular weight is 334 g/mol. The molecule has 1 atom stereocenters. The molecule has 0 N–H and O–H groups in total. The molecular weight excluding hydrogens is 321 g/mol. The Morgan fingerprint density at radius 3 is 1.77 bits per heavy atom. The molecule has 0 radical (unpaired) electrons. The van der Waals surface area contributed by atoms with Gasteiger partial charge in [0.15, 0.2) is 0 Å². The summed E-state index contributed by atoms with van der Waals surface area (Å²) in [6.45, 7) is 0. The summed E-state index contributed by atoms with van der Waals surface area (Å²) in [4.78, 5) is 0. The van der Waals surface area contributed by atoms with E-state index in [1.165, 1.54) is 31.4 Å². The molecule has 0 aliphatic heterocycles. The van der Waals surface area contributed by atoms with Gasteiger partial charge in [0.1, 0.15) is 5.75 Å². The number of methoxy groups -OCH3 is 2. The minimum atomic E-state index is -6.35. The van der Waals surface area contributed by atoms with Gasteiger partial charge in [0.05, 0.1) is 13.2 Å². The second kappa shape index (κ2) is 6.31. The molecule has 0 fully saturated rings. The van der Waals surface area contributed by atoms with Crippen LogP contribution in [0.15, 0.2) is 24.3 Å². The van der Waals surface area contributed by atoms with E-state index < -0.39 is 30.5 Å². The molecular formula is C13H13F7O2. The maximum atomic E-state index is 13.4. The third-order valence-electron chi connectivity index (χ3n) is 3.03. The standard InChI is InChI=1S/C13H13F7O2/c1-21-9-5-3-8(4-6-9)10(22-2)7-11(14,15)12(16,17)13(18,19)20/h3-6,10H,7H2,1-2H3. The van der Waals surface area contributed by atoms with Crippen LogP contribution in [0.4, 0.5) is 30.7 Å². The van der Waals surface area contributed by atoms with Gasteiger partial charge in [-0.05, 0) is 17.7 Å². The van der Waals surface area contributed by atoms with Crippen molar-refractivity contribution in [1.82, 2.24) is 0 Å². The second-order valence-electron chi connectivity index (χ2n) is 4.48. The molecule has 0 aliphatic carbocycles. The first kappa shape index (κ1) is 18.5. The molecule has 0 heterocycles. The molecule has 0 bridgehead atoms. The van der Waals surface area contributed by atoms with Crippen LogP contribution in [0.25, 0.3) is 0 Å². The number of rotatable bonds is 6. The van der Waals surface area contributed by atoms with Crippen molar-refractivity contribution in [2.75, 3.05) is 14.2 Å². The van der Waals surface area contributed by atoms with Crippen molar-refractivity contribution in [2.45, 2.75) is 30.5 Å². The van der Waals surface area contributed by atoms with Gasteiger partial charge < -0.3 is 9.47 Å². The van der Waals surface area contributed by atoms with Crippen LogP contribution in [-0.2, 0) is 4.74 Å². The van der Waals surface area contributed by atoms with E-state index in [4.69, 9.17) is 4.74 Å². The Labute approximate surface area is 121 Å². The predicted molar refractivity (Wildman–Crippen MR) is 63.3 cm³/mol. The fraction of sp³-hybridized carbons (Fsp3) is 0.538. The van der Waals surface area contributed by atoms with Crippen LogP contribution in [0.5, 0.6) is 5.75 Å². The van der Waals surface area contributed by atoms with Crippen LogP contribution in [0, 0.1) is 0 Å². The molecule has 0 amide bonds. The van der Waals surface area contributed by atoms with Gasteiger partial charge in [0.2, 0.25) is 0 Å². The summed E-state index contributed by atoms with van der Waals surface area (Å²) in [5, 5.41) is 0. The number of benzene rings is 1. The first-order valence-electron chi connectivity index (χ1n) is 5.95. The molecule has 0 saturated carbocycles. The van der Waals surface area contributed by atoms with E-state index in [0.717, 1.165) is 7.11 Å². The van der Waals surface area contributed by atoms with Crippen LogP contribution in [0.2, 0.25) is 0 Å². The summed E-state index contributed by atoms with van der Waals surface area (Å²) in [6, 6.07) is 5.19. The molecule has 126 valence electrons. The average Bonchev–Trinajstić information content (AvgIpc) is 2.43. The van der Waals surface area contributed by atoms with Gasteiger partial charge in [-0.2, -0.15) is 30.7 Å². The lowest BCUT2D eigenvalue weighted by Crippen LogP contribution is -2.52. The largest absolute Gasteiger partial charge is 0.497 e. The lowest BCUT2D eigenvalue weighted by Gasteiger charge is -2.30. The first-order chi connectivity index (χ1) is 9.96. The van der Waals surface area contributed by atoms with Crippen molar-refractivity contribution in [3.05, 3.63) is 29.8 Å². The molecule has 9 heteroatoms. The van der Waals surface area contributed by atoms with Crippen LogP contribution in [0.1, 0.15) is 18.1 Å². The summed E-state index contributed by atoms with van der Waals surface area (Å²) < 4.78 is 98.3. The predicted octanol–water partition coefficient (Wildman–Crippen LogP) is 4.61. The molecule has 1 rings (SSSR count).